The lowest BCUT2D eigenvalue weighted by Crippen LogP contribution is -2.50. The summed E-state index contributed by atoms with van der Waals surface area (Å²) in [4.78, 5) is 30.8. The van der Waals surface area contributed by atoms with Crippen molar-refractivity contribution in [2.75, 3.05) is 7.11 Å². The van der Waals surface area contributed by atoms with Gasteiger partial charge in [0.25, 0.3) is 5.91 Å². The Kier molecular flexibility index (Phi) is 4.55. The monoisotopic (exact) mass is 399 g/mol. The zero-order chi connectivity index (χ0) is 19.8. The Bertz CT molecular complexity index is 1040. The summed E-state index contributed by atoms with van der Waals surface area (Å²) >= 11 is 1.22. The summed E-state index contributed by atoms with van der Waals surface area (Å²) < 4.78 is 6.88. The molecule has 0 fully saturated rings. The lowest BCUT2D eigenvalue weighted by molar-refractivity contribution is -0.143. The highest BCUT2D eigenvalue weighted by molar-refractivity contribution is 7.16. The number of carbonyl (C=O) groups excluding carboxylic acids is 1. The molecule has 144 valence electrons. The first kappa shape index (κ1) is 18.1. The summed E-state index contributed by atoms with van der Waals surface area (Å²) in [5.74, 6) is 0.494. The topological polar surface area (TPSA) is 110 Å². The van der Waals surface area contributed by atoms with Crippen LogP contribution < -0.4 is 4.74 Å². The molecule has 3 aromatic rings. The van der Waals surface area contributed by atoms with Gasteiger partial charge in [-0.2, -0.15) is 0 Å². The van der Waals surface area contributed by atoms with E-state index in [1.165, 1.54) is 22.4 Å². The van der Waals surface area contributed by atoms with E-state index in [0.29, 0.717) is 21.5 Å². The summed E-state index contributed by atoms with van der Waals surface area (Å²) in [6.07, 6.45) is 1.48. The van der Waals surface area contributed by atoms with Crippen molar-refractivity contribution in [2.45, 2.75) is 26.1 Å². The highest BCUT2D eigenvalue weighted by atomic mass is 32.1. The number of hydrogen-bond acceptors (Lipinski definition) is 7. The van der Waals surface area contributed by atoms with Crippen molar-refractivity contribution in [3.05, 3.63) is 47.0 Å². The number of rotatable bonds is 4. The van der Waals surface area contributed by atoms with Crippen LogP contribution in [0, 0.1) is 6.92 Å². The van der Waals surface area contributed by atoms with Crippen molar-refractivity contribution in [3.63, 3.8) is 0 Å². The first-order chi connectivity index (χ1) is 13.5. The second kappa shape index (κ2) is 7.04. The Hall–Kier alpha value is -3.27. The number of carboxylic acid groups (broad SMARTS) is 1. The number of benzene rings is 1. The van der Waals surface area contributed by atoms with Crippen molar-refractivity contribution in [1.82, 2.24) is 24.6 Å². The van der Waals surface area contributed by atoms with E-state index in [9.17, 15) is 14.7 Å². The number of fused-ring (bicyclic) bond motifs is 1. The van der Waals surface area contributed by atoms with Crippen LogP contribution in [0.5, 0.6) is 5.75 Å². The molecule has 3 heterocycles. The maximum absolute atomic E-state index is 13.0. The molecule has 0 spiro atoms. The van der Waals surface area contributed by atoms with Crippen LogP contribution in [-0.4, -0.2) is 54.8 Å². The summed E-state index contributed by atoms with van der Waals surface area (Å²) in [7, 11) is 1.59. The summed E-state index contributed by atoms with van der Waals surface area (Å²) in [6, 6.07) is 6.37. The highest BCUT2D eigenvalue weighted by Gasteiger charge is 2.37. The first-order valence-corrected chi connectivity index (χ1v) is 9.32. The minimum atomic E-state index is -1.06. The molecule has 1 unspecified atom stereocenters. The Balaban J connectivity index is 1.61. The Labute approximate surface area is 164 Å². The van der Waals surface area contributed by atoms with Crippen LogP contribution in [0.15, 0.2) is 30.5 Å². The number of methoxy groups -OCH3 is 1. The quantitative estimate of drug-likeness (QED) is 0.712. The molecule has 1 N–H and O–H groups in total. The molecule has 1 aromatic carbocycles. The van der Waals surface area contributed by atoms with E-state index in [0.717, 1.165) is 11.3 Å². The normalized spacial score (nSPS) is 15.9. The molecule has 28 heavy (non-hydrogen) atoms. The maximum atomic E-state index is 13.0. The molecule has 9 nitrogen and oxygen atoms in total. The second-order valence-corrected chi connectivity index (χ2v) is 7.35. The van der Waals surface area contributed by atoms with Crippen LogP contribution in [0.2, 0.25) is 0 Å². The fourth-order valence-electron chi connectivity index (χ4n) is 3.12. The summed E-state index contributed by atoms with van der Waals surface area (Å²) in [5, 5.41) is 18.3. The minimum Gasteiger partial charge on any atom is -0.497 e. The zero-order valence-corrected chi connectivity index (χ0v) is 16.0. The molecule has 0 aliphatic carbocycles. The molecule has 1 aliphatic heterocycles. The van der Waals surface area contributed by atoms with E-state index < -0.39 is 12.0 Å². The third-order valence-corrected chi connectivity index (χ3v) is 5.69. The number of carboxylic acids is 1. The van der Waals surface area contributed by atoms with Crippen LogP contribution >= 0.6 is 11.3 Å². The van der Waals surface area contributed by atoms with Gasteiger partial charge in [-0.3, -0.25) is 4.79 Å². The van der Waals surface area contributed by atoms with Crippen molar-refractivity contribution in [2.24, 2.45) is 0 Å². The number of nitrogens with zero attached hydrogens (tertiary/aromatic N) is 5. The van der Waals surface area contributed by atoms with E-state index in [1.807, 2.05) is 24.3 Å². The molecule has 0 bridgehead atoms. The van der Waals surface area contributed by atoms with Crippen LogP contribution in [0.1, 0.15) is 21.3 Å². The van der Waals surface area contributed by atoms with Crippen LogP contribution in [0.3, 0.4) is 0 Å². The van der Waals surface area contributed by atoms with Crippen molar-refractivity contribution in [1.29, 1.82) is 0 Å². The Morgan fingerprint density at radius 1 is 1.25 bits per heavy atom. The van der Waals surface area contributed by atoms with Gasteiger partial charge in [0, 0.05) is 5.56 Å². The van der Waals surface area contributed by atoms with Gasteiger partial charge in [0.1, 0.15) is 27.5 Å². The number of thiazole rings is 1. The number of aryl methyl sites for hydroxylation is 1. The molecule has 0 saturated carbocycles. The largest absolute Gasteiger partial charge is 0.497 e. The molecule has 1 atom stereocenters. The lowest BCUT2D eigenvalue weighted by atomic mass is 10.1. The van der Waals surface area contributed by atoms with Crippen molar-refractivity contribution >= 4 is 23.2 Å². The molecule has 1 aliphatic rings. The van der Waals surface area contributed by atoms with Gasteiger partial charge >= 0.3 is 5.97 Å². The number of ether oxygens (including phenoxy) is 1. The third kappa shape index (κ3) is 3.11. The number of carbonyl (C=O) groups is 2. The van der Waals surface area contributed by atoms with Gasteiger partial charge in [-0.05, 0) is 31.2 Å². The summed E-state index contributed by atoms with van der Waals surface area (Å²) in [5.41, 5.74) is 0.855. The molecule has 10 heteroatoms. The van der Waals surface area contributed by atoms with E-state index in [1.54, 1.807) is 18.6 Å². The number of aliphatic carboxylic acids is 1. The average molecular weight is 399 g/mol. The van der Waals surface area contributed by atoms with Gasteiger partial charge < -0.3 is 19.3 Å². The van der Waals surface area contributed by atoms with Gasteiger partial charge in [-0.25, -0.2) is 9.78 Å². The fraction of sp³-hybridized carbons (Fsp3) is 0.278. The molecule has 0 radical (unpaired) electrons. The van der Waals surface area contributed by atoms with E-state index in [2.05, 4.69) is 15.2 Å². The molecule has 4 rings (SSSR count). The van der Waals surface area contributed by atoms with E-state index in [-0.39, 0.29) is 19.0 Å². The Morgan fingerprint density at radius 3 is 2.68 bits per heavy atom. The number of hydrogen-bond donors (Lipinski definition) is 1. The molecular formula is C18H17N5O4S. The number of aromatic nitrogens is 4. The van der Waals surface area contributed by atoms with E-state index >= 15 is 0 Å². The van der Waals surface area contributed by atoms with Gasteiger partial charge in [-0.1, -0.05) is 0 Å². The summed E-state index contributed by atoms with van der Waals surface area (Å²) in [6.45, 7) is 1.98. The average Bonchev–Trinajstić information content (AvgIpc) is 3.34. The highest BCUT2D eigenvalue weighted by Crippen LogP contribution is 2.29. The standard InChI is InChI=1S/C18H17N5O4S/c1-10-20-21-15-9-23(13(18(25)26)8-22(10)15)17(24)14-7-19-16(28-14)11-3-5-12(27-2)6-4-11/h3-7,13H,8-9H2,1-2H3,(H,25,26). The Morgan fingerprint density at radius 2 is 2.00 bits per heavy atom. The first-order valence-electron chi connectivity index (χ1n) is 8.50. The SMILES string of the molecule is COc1ccc(-c2ncc(C(=O)N3Cc4nnc(C)n4CC3C(=O)O)s2)cc1. The van der Waals surface area contributed by atoms with Crippen molar-refractivity contribution < 1.29 is 19.4 Å². The second-order valence-electron chi connectivity index (χ2n) is 6.32. The number of amides is 1. The maximum Gasteiger partial charge on any atom is 0.328 e. The van der Waals surface area contributed by atoms with Gasteiger partial charge in [0.2, 0.25) is 0 Å². The predicted octanol–water partition coefficient (Wildman–Crippen LogP) is 1.83. The zero-order valence-electron chi connectivity index (χ0n) is 15.2. The third-order valence-electron chi connectivity index (χ3n) is 4.66. The molecule has 2 aromatic heterocycles. The lowest BCUT2D eigenvalue weighted by Gasteiger charge is -2.33. The van der Waals surface area contributed by atoms with Crippen LogP contribution in [-0.2, 0) is 17.9 Å². The molecule has 1 amide bonds. The van der Waals surface area contributed by atoms with Crippen LogP contribution in [0.25, 0.3) is 10.6 Å². The predicted molar refractivity (Wildman–Crippen MR) is 100 cm³/mol. The molecular weight excluding hydrogens is 382 g/mol. The minimum absolute atomic E-state index is 0.0897. The van der Waals surface area contributed by atoms with Gasteiger partial charge in [0.15, 0.2) is 5.82 Å². The van der Waals surface area contributed by atoms with Crippen LogP contribution in [0.4, 0.5) is 0 Å². The van der Waals surface area contributed by atoms with Gasteiger partial charge in [0.05, 0.1) is 26.4 Å². The molecule has 0 saturated heterocycles. The fourth-order valence-corrected chi connectivity index (χ4v) is 4.00. The van der Waals surface area contributed by atoms with Gasteiger partial charge in [-0.15, -0.1) is 21.5 Å². The smallest absolute Gasteiger partial charge is 0.328 e. The van der Waals surface area contributed by atoms with E-state index in [4.69, 9.17) is 4.74 Å². The van der Waals surface area contributed by atoms with Crippen molar-refractivity contribution in [3.8, 4) is 16.3 Å².